The maximum atomic E-state index is 5.62. The Hall–Kier alpha value is -4.11. The predicted molar refractivity (Wildman–Crippen MR) is 160 cm³/mol. The average molecular weight is 540 g/mol. The van der Waals surface area contributed by atoms with Crippen LogP contribution in [0.15, 0.2) is 67.0 Å². The van der Waals surface area contributed by atoms with Crippen LogP contribution in [0.3, 0.4) is 0 Å². The SMILES string of the molecule is COc1cc2nc(N3CCN(c4cccnc4)CC3)nc(NC3CCN(Cc4ccccc4)CC3)c2cc1OC. The summed E-state index contributed by atoms with van der Waals surface area (Å²) < 4.78 is 11.2. The van der Waals surface area contributed by atoms with Crippen molar-refractivity contribution in [2.24, 2.45) is 0 Å². The van der Waals surface area contributed by atoms with Gasteiger partial charge in [-0.2, -0.15) is 4.98 Å². The van der Waals surface area contributed by atoms with Gasteiger partial charge in [0.1, 0.15) is 5.82 Å². The van der Waals surface area contributed by atoms with Crippen molar-refractivity contribution in [3.63, 3.8) is 0 Å². The van der Waals surface area contributed by atoms with Crippen molar-refractivity contribution in [1.29, 1.82) is 0 Å². The van der Waals surface area contributed by atoms with E-state index in [4.69, 9.17) is 19.4 Å². The number of nitrogens with zero attached hydrogens (tertiary/aromatic N) is 6. The summed E-state index contributed by atoms with van der Waals surface area (Å²) in [6.07, 6.45) is 5.86. The zero-order chi connectivity index (χ0) is 27.3. The topological polar surface area (TPSA) is 78.9 Å². The van der Waals surface area contributed by atoms with Gasteiger partial charge < -0.3 is 24.6 Å². The molecular formula is C31H37N7O2. The Morgan fingerprint density at radius 3 is 2.25 bits per heavy atom. The summed E-state index contributed by atoms with van der Waals surface area (Å²) >= 11 is 0. The summed E-state index contributed by atoms with van der Waals surface area (Å²) in [7, 11) is 3.32. The molecule has 0 unspecified atom stereocenters. The number of piperidine rings is 1. The molecule has 208 valence electrons. The van der Waals surface area contributed by atoms with Crippen molar-refractivity contribution < 1.29 is 9.47 Å². The second-order valence-corrected chi connectivity index (χ2v) is 10.5. The summed E-state index contributed by atoms with van der Waals surface area (Å²) in [5.74, 6) is 2.95. The summed E-state index contributed by atoms with van der Waals surface area (Å²) in [5, 5.41) is 4.74. The largest absolute Gasteiger partial charge is 0.493 e. The quantitative estimate of drug-likeness (QED) is 0.349. The fourth-order valence-corrected chi connectivity index (χ4v) is 5.67. The Morgan fingerprint density at radius 1 is 0.825 bits per heavy atom. The molecule has 1 N–H and O–H groups in total. The number of rotatable bonds is 8. The van der Waals surface area contributed by atoms with E-state index in [-0.39, 0.29) is 0 Å². The molecule has 4 aromatic rings. The lowest BCUT2D eigenvalue weighted by Gasteiger charge is -2.36. The minimum Gasteiger partial charge on any atom is -0.493 e. The number of hydrogen-bond acceptors (Lipinski definition) is 9. The monoisotopic (exact) mass is 539 g/mol. The van der Waals surface area contributed by atoms with E-state index in [2.05, 4.69) is 61.4 Å². The highest BCUT2D eigenvalue weighted by Crippen LogP contribution is 2.36. The van der Waals surface area contributed by atoms with Crippen molar-refractivity contribution in [2.45, 2.75) is 25.4 Å². The van der Waals surface area contributed by atoms with E-state index in [1.54, 1.807) is 14.2 Å². The molecule has 40 heavy (non-hydrogen) atoms. The number of hydrogen-bond donors (Lipinski definition) is 1. The normalized spacial score (nSPS) is 16.8. The Morgan fingerprint density at radius 2 is 1.55 bits per heavy atom. The Bertz CT molecular complexity index is 1400. The van der Waals surface area contributed by atoms with Crippen LogP contribution in [0.2, 0.25) is 0 Å². The first-order valence-electron chi connectivity index (χ1n) is 14.1. The molecular weight excluding hydrogens is 502 g/mol. The van der Waals surface area contributed by atoms with Gasteiger partial charge in [0, 0.05) is 69.5 Å². The van der Waals surface area contributed by atoms with Crippen LogP contribution in [0.25, 0.3) is 10.9 Å². The number of likely N-dealkylation sites (tertiary alicyclic amines) is 1. The number of benzene rings is 2. The van der Waals surface area contributed by atoms with E-state index in [0.717, 1.165) is 87.0 Å². The van der Waals surface area contributed by atoms with E-state index < -0.39 is 0 Å². The molecule has 2 aliphatic rings. The highest BCUT2D eigenvalue weighted by molar-refractivity contribution is 5.93. The van der Waals surface area contributed by atoms with E-state index in [9.17, 15) is 0 Å². The van der Waals surface area contributed by atoms with Crippen LogP contribution < -0.4 is 24.6 Å². The molecule has 2 aromatic heterocycles. The molecule has 2 aliphatic heterocycles. The van der Waals surface area contributed by atoms with E-state index in [1.807, 2.05) is 30.6 Å². The molecule has 0 aliphatic carbocycles. The number of aromatic nitrogens is 3. The minimum absolute atomic E-state index is 0.341. The van der Waals surface area contributed by atoms with E-state index in [1.165, 1.54) is 5.56 Å². The van der Waals surface area contributed by atoms with Crippen LogP contribution in [-0.2, 0) is 6.54 Å². The van der Waals surface area contributed by atoms with Gasteiger partial charge in [-0.1, -0.05) is 30.3 Å². The van der Waals surface area contributed by atoms with Gasteiger partial charge in [-0.25, -0.2) is 4.98 Å². The number of ether oxygens (including phenoxy) is 2. The lowest BCUT2D eigenvalue weighted by atomic mass is 10.0. The van der Waals surface area contributed by atoms with Crippen LogP contribution in [-0.4, -0.2) is 79.4 Å². The summed E-state index contributed by atoms with van der Waals surface area (Å²) in [6, 6.07) is 19.1. The summed E-state index contributed by atoms with van der Waals surface area (Å²) in [5.41, 5.74) is 3.37. The molecule has 6 rings (SSSR count). The predicted octanol–water partition coefficient (Wildman–Crippen LogP) is 4.45. The summed E-state index contributed by atoms with van der Waals surface area (Å²) in [6.45, 7) is 6.56. The van der Waals surface area contributed by atoms with Crippen molar-refractivity contribution >= 4 is 28.4 Å². The molecule has 0 amide bonds. The van der Waals surface area contributed by atoms with Gasteiger partial charge in [-0.3, -0.25) is 9.88 Å². The van der Waals surface area contributed by atoms with Crippen molar-refractivity contribution in [1.82, 2.24) is 19.9 Å². The molecule has 0 atom stereocenters. The molecule has 9 heteroatoms. The molecule has 0 saturated carbocycles. The lowest BCUT2D eigenvalue weighted by Crippen LogP contribution is -2.47. The number of fused-ring (bicyclic) bond motifs is 1. The van der Waals surface area contributed by atoms with Gasteiger partial charge in [0.25, 0.3) is 0 Å². The van der Waals surface area contributed by atoms with Gasteiger partial charge in [-0.15, -0.1) is 0 Å². The Balaban J connectivity index is 1.21. The summed E-state index contributed by atoms with van der Waals surface area (Å²) in [4.78, 5) is 21.5. The van der Waals surface area contributed by atoms with Crippen LogP contribution in [0.5, 0.6) is 11.5 Å². The molecule has 2 fully saturated rings. The lowest BCUT2D eigenvalue weighted by molar-refractivity contribution is 0.211. The van der Waals surface area contributed by atoms with Crippen LogP contribution >= 0.6 is 0 Å². The fraction of sp³-hybridized carbons (Fsp3) is 0.387. The van der Waals surface area contributed by atoms with Gasteiger partial charge in [0.15, 0.2) is 11.5 Å². The van der Waals surface area contributed by atoms with Gasteiger partial charge in [-0.05, 0) is 36.6 Å². The Labute approximate surface area is 235 Å². The molecule has 4 heterocycles. The van der Waals surface area contributed by atoms with E-state index >= 15 is 0 Å². The van der Waals surface area contributed by atoms with Crippen LogP contribution in [0, 0.1) is 0 Å². The number of anilines is 3. The molecule has 0 spiro atoms. The second kappa shape index (κ2) is 12.0. The zero-order valence-corrected chi connectivity index (χ0v) is 23.3. The van der Waals surface area contributed by atoms with Crippen molar-refractivity contribution in [2.75, 3.05) is 68.6 Å². The van der Waals surface area contributed by atoms with Gasteiger partial charge >= 0.3 is 0 Å². The first-order chi connectivity index (χ1) is 19.7. The zero-order valence-electron chi connectivity index (χ0n) is 23.3. The highest BCUT2D eigenvalue weighted by atomic mass is 16.5. The third kappa shape index (κ3) is 5.74. The van der Waals surface area contributed by atoms with Gasteiger partial charge in [0.2, 0.25) is 5.95 Å². The molecule has 2 saturated heterocycles. The van der Waals surface area contributed by atoms with Crippen molar-refractivity contribution in [3.05, 3.63) is 72.6 Å². The fourth-order valence-electron chi connectivity index (χ4n) is 5.67. The maximum absolute atomic E-state index is 5.62. The number of nitrogens with one attached hydrogen (secondary N) is 1. The molecule has 0 bridgehead atoms. The van der Waals surface area contributed by atoms with Crippen LogP contribution in [0.1, 0.15) is 18.4 Å². The average Bonchev–Trinajstić information content (AvgIpc) is 3.02. The van der Waals surface area contributed by atoms with Gasteiger partial charge in [0.05, 0.1) is 31.6 Å². The smallest absolute Gasteiger partial charge is 0.228 e. The van der Waals surface area contributed by atoms with Crippen molar-refractivity contribution in [3.8, 4) is 11.5 Å². The third-order valence-corrected chi connectivity index (χ3v) is 7.94. The van der Waals surface area contributed by atoms with E-state index in [0.29, 0.717) is 17.5 Å². The first kappa shape index (κ1) is 26.1. The second-order valence-electron chi connectivity index (χ2n) is 10.5. The minimum atomic E-state index is 0.341. The third-order valence-electron chi connectivity index (χ3n) is 7.94. The maximum Gasteiger partial charge on any atom is 0.228 e. The number of piperazine rings is 1. The number of methoxy groups -OCH3 is 2. The Kier molecular flexibility index (Phi) is 7.81. The van der Waals surface area contributed by atoms with Crippen LogP contribution in [0.4, 0.5) is 17.5 Å². The highest BCUT2D eigenvalue weighted by Gasteiger charge is 2.24. The number of pyridine rings is 1. The molecule has 0 radical (unpaired) electrons. The molecule has 9 nitrogen and oxygen atoms in total. The standard InChI is InChI=1S/C31H37N7O2/c1-39-28-19-26-27(20-29(28)40-2)34-31(38-17-15-37(16-18-38)25-9-6-12-32-21-25)35-30(26)33-24-10-13-36(14-11-24)22-23-7-4-3-5-8-23/h3-9,12,19-21,24H,10-11,13-18,22H2,1-2H3,(H,33,34,35). The molecule has 2 aromatic carbocycles. The first-order valence-corrected chi connectivity index (χ1v) is 14.1.